The largest absolute Gasteiger partial charge is 0.478 e. The van der Waals surface area contributed by atoms with Crippen molar-refractivity contribution in [1.29, 1.82) is 0 Å². The number of rotatable bonds is 4. The lowest BCUT2D eigenvalue weighted by Gasteiger charge is -2.31. The number of carboxylic acids is 1. The minimum absolute atomic E-state index is 0.0241. The number of hydroxylamine groups is 1. The molecule has 2 atom stereocenters. The van der Waals surface area contributed by atoms with Crippen LogP contribution in [0, 0.1) is 6.92 Å². The molecule has 0 bridgehead atoms. The molecule has 3 aromatic rings. The predicted molar refractivity (Wildman–Crippen MR) is 123 cm³/mol. The Labute approximate surface area is 207 Å². The van der Waals surface area contributed by atoms with E-state index in [1.165, 1.54) is 42.6 Å². The number of halogens is 6. The van der Waals surface area contributed by atoms with Crippen LogP contribution < -0.4 is 5.06 Å². The zero-order chi connectivity index (χ0) is 24.8. The van der Waals surface area contributed by atoms with Crippen molar-refractivity contribution in [2.45, 2.75) is 31.2 Å². The molecule has 2 aromatic carbocycles. The number of benzene rings is 2. The zero-order valence-electron chi connectivity index (χ0n) is 17.4. The first-order chi connectivity index (χ1) is 15.9. The molecule has 1 aliphatic heterocycles. The van der Waals surface area contributed by atoms with Gasteiger partial charge in [0.15, 0.2) is 5.82 Å². The molecule has 0 spiro atoms. The van der Waals surface area contributed by atoms with Crippen LogP contribution in [0.2, 0.25) is 15.1 Å². The fraction of sp³-hybridized carbons (Fsp3) is 0.217. The van der Waals surface area contributed by atoms with Gasteiger partial charge in [-0.1, -0.05) is 46.9 Å². The predicted octanol–water partition coefficient (Wildman–Crippen LogP) is 7.39. The fourth-order valence-corrected chi connectivity index (χ4v) is 4.64. The van der Waals surface area contributed by atoms with Gasteiger partial charge in [0.25, 0.3) is 0 Å². The van der Waals surface area contributed by atoms with E-state index < -0.39 is 30.2 Å². The summed E-state index contributed by atoms with van der Waals surface area (Å²) in [5, 5.41) is 10.7. The van der Waals surface area contributed by atoms with Gasteiger partial charge in [-0.25, -0.2) is 14.8 Å². The molecular weight excluding hydrogens is 516 g/mol. The van der Waals surface area contributed by atoms with E-state index in [4.69, 9.17) is 39.6 Å². The van der Waals surface area contributed by atoms with E-state index in [-0.39, 0.29) is 27.0 Å². The van der Waals surface area contributed by atoms with Crippen molar-refractivity contribution in [2.24, 2.45) is 0 Å². The Morgan fingerprint density at radius 3 is 2.29 bits per heavy atom. The van der Waals surface area contributed by atoms with E-state index in [0.717, 1.165) is 17.2 Å². The second kappa shape index (κ2) is 8.92. The van der Waals surface area contributed by atoms with Gasteiger partial charge in [-0.15, -0.1) is 0 Å². The van der Waals surface area contributed by atoms with E-state index >= 15 is 0 Å². The Bertz CT molecular complexity index is 1230. The minimum Gasteiger partial charge on any atom is -0.478 e. The van der Waals surface area contributed by atoms with Crippen molar-refractivity contribution in [3.05, 3.63) is 92.0 Å². The van der Waals surface area contributed by atoms with Crippen LogP contribution in [0.15, 0.2) is 54.7 Å². The molecule has 2 heterocycles. The van der Waals surface area contributed by atoms with Crippen LogP contribution in [-0.4, -0.2) is 22.2 Å². The number of carboxylic acid groups (broad SMARTS) is 1. The maximum Gasteiger partial charge on any atom is 0.424 e. The number of aromatic carboxylic acids is 1. The van der Waals surface area contributed by atoms with Crippen molar-refractivity contribution in [2.75, 3.05) is 5.06 Å². The average molecular weight is 532 g/mol. The summed E-state index contributed by atoms with van der Waals surface area (Å²) in [6, 6.07) is 9.93. The summed E-state index contributed by atoms with van der Waals surface area (Å²) >= 11 is 18.0. The lowest BCUT2D eigenvalue weighted by Crippen LogP contribution is -2.43. The molecule has 1 saturated heterocycles. The highest BCUT2D eigenvalue weighted by Gasteiger charge is 2.64. The summed E-state index contributed by atoms with van der Waals surface area (Å²) in [4.78, 5) is 21.2. The van der Waals surface area contributed by atoms with Crippen LogP contribution in [0.4, 0.5) is 19.0 Å². The van der Waals surface area contributed by atoms with E-state index in [9.17, 15) is 23.1 Å². The van der Waals surface area contributed by atoms with Gasteiger partial charge < -0.3 is 5.11 Å². The first-order valence-electron chi connectivity index (χ1n) is 9.88. The molecular formula is C23H16Cl3F3N2O3. The van der Waals surface area contributed by atoms with Gasteiger partial charge in [-0.05, 0) is 60.0 Å². The molecule has 5 nitrogen and oxygen atoms in total. The maximum atomic E-state index is 14.7. The molecule has 34 heavy (non-hydrogen) atoms. The lowest BCUT2D eigenvalue weighted by atomic mass is 9.85. The molecule has 0 amide bonds. The van der Waals surface area contributed by atoms with E-state index in [1.807, 2.05) is 0 Å². The Hall–Kier alpha value is -2.52. The third kappa shape index (κ3) is 4.43. The Kier molecular flexibility index (Phi) is 6.46. The van der Waals surface area contributed by atoms with Crippen molar-refractivity contribution < 1.29 is 27.9 Å². The maximum absolute atomic E-state index is 14.7. The van der Waals surface area contributed by atoms with Crippen molar-refractivity contribution >= 4 is 46.6 Å². The summed E-state index contributed by atoms with van der Waals surface area (Å²) in [7, 11) is 0. The highest BCUT2D eigenvalue weighted by Crippen LogP contribution is 2.56. The molecule has 2 unspecified atom stereocenters. The number of hydrogen-bond acceptors (Lipinski definition) is 4. The van der Waals surface area contributed by atoms with Crippen molar-refractivity contribution in [3.63, 3.8) is 0 Å². The number of nitrogens with zero attached hydrogens (tertiary/aromatic N) is 2. The van der Waals surface area contributed by atoms with Crippen LogP contribution in [0.25, 0.3) is 0 Å². The quantitative estimate of drug-likeness (QED) is 0.380. The normalized spacial score (nSPS) is 20.6. The number of aryl methyl sites for hydroxylation is 1. The third-order valence-corrected chi connectivity index (χ3v) is 6.27. The Balaban J connectivity index is 1.90. The van der Waals surface area contributed by atoms with E-state index in [1.54, 1.807) is 6.92 Å². The summed E-state index contributed by atoms with van der Waals surface area (Å²) in [5.41, 5.74) is -2.21. The van der Waals surface area contributed by atoms with Gasteiger partial charge in [0.2, 0.25) is 5.60 Å². The highest BCUT2D eigenvalue weighted by atomic mass is 35.5. The lowest BCUT2D eigenvalue weighted by molar-refractivity contribution is -0.272. The molecule has 1 N–H and O–H groups in total. The zero-order valence-corrected chi connectivity index (χ0v) is 19.7. The first kappa shape index (κ1) is 24.6. The fourth-order valence-electron chi connectivity index (χ4n) is 4.00. The highest BCUT2D eigenvalue weighted by molar-refractivity contribution is 6.34. The molecule has 11 heteroatoms. The minimum atomic E-state index is -4.86. The molecule has 0 aliphatic carbocycles. The van der Waals surface area contributed by atoms with Gasteiger partial charge in [0, 0.05) is 22.7 Å². The standard InChI is InChI=1S/C23H16Cl3F3N2O3/c1-12-6-13(2-4-18(12)21(32)33)19-10-22(23(27,28)29,14-7-16(25)9-17(26)8-14)34-31(19)20-5-3-15(24)11-30-20/h2-9,11,19H,10H2,1H3,(H,32,33). The molecule has 0 radical (unpaired) electrons. The van der Waals surface area contributed by atoms with Crippen LogP contribution >= 0.6 is 34.8 Å². The summed E-state index contributed by atoms with van der Waals surface area (Å²) < 4.78 is 44.1. The average Bonchev–Trinajstić information content (AvgIpc) is 3.15. The monoisotopic (exact) mass is 530 g/mol. The first-order valence-corrected chi connectivity index (χ1v) is 11.0. The van der Waals surface area contributed by atoms with Crippen molar-refractivity contribution in [3.8, 4) is 0 Å². The van der Waals surface area contributed by atoms with Crippen LogP contribution in [0.5, 0.6) is 0 Å². The van der Waals surface area contributed by atoms with Crippen LogP contribution in [0.1, 0.15) is 39.5 Å². The van der Waals surface area contributed by atoms with E-state index in [0.29, 0.717) is 16.1 Å². The van der Waals surface area contributed by atoms with Crippen molar-refractivity contribution in [1.82, 2.24) is 4.98 Å². The van der Waals surface area contributed by atoms with Gasteiger partial charge >= 0.3 is 12.1 Å². The van der Waals surface area contributed by atoms with Gasteiger partial charge in [0.05, 0.1) is 16.6 Å². The molecule has 178 valence electrons. The second-order valence-corrected chi connectivity index (χ2v) is 9.14. The summed E-state index contributed by atoms with van der Waals surface area (Å²) in [5.74, 6) is -1.05. The van der Waals surface area contributed by atoms with Gasteiger partial charge in [-0.2, -0.15) is 13.2 Å². The van der Waals surface area contributed by atoms with Gasteiger partial charge in [-0.3, -0.25) is 4.84 Å². The SMILES string of the molecule is Cc1cc(C2CC(c3cc(Cl)cc(Cl)c3)(C(F)(F)F)ON2c2ccc(Cl)cn2)ccc1C(=O)O. The third-order valence-electron chi connectivity index (χ3n) is 5.61. The van der Waals surface area contributed by atoms with Crippen LogP contribution in [0.3, 0.4) is 0 Å². The number of aromatic nitrogens is 1. The molecule has 0 saturated carbocycles. The number of hydrogen-bond donors (Lipinski definition) is 1. The number of carbonyl (C=O) groups is 1. The molecule has 1 fully saturated rings. The number of alkyl halides is 3. The Morgan fingerprint density at radius 2 is 1.76 bits per heavy atom. The van der Waals surface area contributed by atoms with E-state index in [2.05, 4.69) is 4.98 Å². The van der Waals surface area contributed by atoms with Gasteiger partial charge in [0.1, 0.15) is 0 Å². The topological polar surface area (TPSA) is 62.7 Å². The summed E-state index contributed by atoms with van der Waals surface area (Å²) in [6.45, 7) is 1.57. The number of pyridine rings is 1. The summed E-state index contributed by atoms with van der Waals surface area (Å²) in [6.07, 6.45) is -4.14. The number of anilines is 1. The molecule has 1 aliphatic rings. The smallest absolute Gasteiger partial charge is 0.424 e. The molecule has 4 rings (SSSR count). The van der Waals surface area contributed by atoms with Crippen LogP contribution in [-0.2, 0) is 10.4 Å². The Morgan fingerprint density at radius 1 is 1.09 bits per heavy atom. The molecule has 1 aromatic heterocycles. The second-order valence-electron chi connectivity index (χ2n) is 7.83.